The summed E-state index contributed by atoms with van der Waals surface area (Å²) in [6, 6.07) is 8.73. The third-order valence-electron chi connectivity index (χ3n) is 4.25. The minimum atomic E-state index is -1.23. The van der Waals surface area contributed by atoms with E-state index in [1.807, 2.05) is 24.3 Å². The molecule has 2 N–H and O–H groups in total. The van der Waals surface area contributed by atoms with Crippen LogP contribution in [0.3, 0.4) is 0 Å². The summed E-state index contributed by atoms with van der Waals surface area (Å²) in [6.07, 6.45) is 3.13. The number of urea groups is 1. The molecule has 1 atom stereocenters. The zero-order chi connectivity index (χ0) is 17.5. The third kappa shape index (κ3) is 4.84. The largest absolute Gasteiger partial charge is 0.465 e. The maximum atomic E-state index is 12.3. The highest BCUT2D eigenvalue weighted by Crippen LogP contribution is 2.23. The Bertz CT molecular complexity index is 621. The molecule has 7 heteroatoms. The van der Waals surface area contributed by atoms with Gasteiger partial charge in [0.2, 0.25) is 0 Å². The second-order valence-corrected chi connectivity index (χ2v) is 7.11. The van der Waals surface area contributed by atoms with Crippen molar-refractivity contribution in [1.29, 1.82) is 5.26 Å². The summed E-state index contributed by atoms with van der Waals surface area (Å²) >= 11 is 2.18. The molecule has 0 heterocycles. The molecule has 0 saturated heterocycles. The topological polar surface area (TPSA) is 93.4 Å². The minimum Gasteiger partial charge on any atom is -0.465 e. The normalized spacial score (nSPS) is 16.0. The van der Waals surface area contributed by atoms with E-state index in [4.69, 9.17) is 0 Å². The van der Waals surface area contributed by atoms with Crippen molar-refractivity contribution in [2.75, 3.05) is 6.54 Å². The summed E-state index contributed by atoms with van der Waals surface area (Å²) in [4.78, 5) is 24.7. The number of carbonyl (C=O) groups excluding carboxylic acids is 1. The maximum Gasteiger partial charge on any atom is 0.415 e. The van der Waals surface area contributed by atoms with Gasteiger partial charge in [0.15, 0.2) is 0 Å². The van der Waals surface area contributed by atoms with Crippen molar-refractivity contribution in [1.82, 2.24) is 10.2 Å². The van der Waals surface area contributed by atoms with Gasteiger partial charge in [-0.05, 0) is 53.1 Å². The first kappa shape index (κ1) is 18.5. The molecule has 1 fully saturated rings. The number of carboxylic acid groups (broad SMARTS) is 1. The van der Waals surface area contributed by atoms with Crippen LogP contribution in [0.25, 0.3) is 0 Å². The van der Waals surface area contributed by atoms with E-state index in [2.05, 4.69) is 34.0 Å². The smallest absolute Gasteiger partial charge is 0.415 e. The molecule has 0 bridgehead atoms. The number of nitriles is 1. The van der Waals surface area contributed by atoms with Crippen molar-refractivity contribution in [3.63, 3.8) is 0 Å². The number of carbonyl (C=O) groups is 2. The van der Waals surface area contributed by atoms with E-state index in [1.165, 1.54) is 0 Å². The fourth-order valence-corrected chi connectivity index (χ4v) is 3.32. The molecule has 0 radical (unpaired) electrons. The summed E-state index contributed by atoms with van der Waals surface area (Å²) < 4.78 is 1.06. The van der Waals surface area contributed by atoms with Gasteiger partial charge in [0.1, 0.15) is 0 Å². The van der Waals surface area contributed by atoms with Gasteiger partial charge in [0.05, 0.1) is 12.0 Å². The Labute approximate surface area is 155 Å². The first-order valence-electron chi connectivity index (χ1n) is 7.98. The minimum absolute atomic E-state index is 0.0897. The number of amides is 3. The summed E-state index contributed by atoms with van der Waals surface area (Å²) in [5.41, 5.74) is 0.803. The molecule has 1 aromatic carbocycles. The van der Waals surface area contributed by atoms with Gasteiger partial charge in [0, 0.05) is 16.2 Å². The Kier molecular flexibility index (Phi) is 6.85. The standard InChI is InChI=1S/C17H20IN3O3/c18-14-8-6-12(7-9-14)13(10-19)11-20-16(22)21(17(23)24)15-4-2-1-3-5-15/h6-9,13,15H,1-5,11H2,(H,20,22)(H,23,24). The molecule has 0 spiro atoms. The maximum absolute atomic E-state index is 12.3. The van der Waals surface area contributed by atoms with Crippen molar-refractivity contribution in [3.8, 4) is 6.07 Å². The summed E-state index contributed by atoms with van der Waals surface area (Å²) in [5, 5.41) is 21.3. The van der Waals surface area contributed by atoms with Crippen LogP contribution in [0.15, 0.2) is 24.3 Å². The highest BCUT2D eigenvalue weighted by Gasteiger charge is 2.31. The van der Waals surface area contributed by atoms with Crippen molar-refractivity contribution >= 4 is 34.7 Å². The lowest BCUT2D eigenvalue weighted by Crippen LogP contribution is -2.50. The van der Waals surface area contributed by atoms with Crippen molar-refractivity contribution in [2.24, 2.45) is 0 Å². The zero-order valence-corrected chi connectivity index (χ0v) is 15.4. The molecule has 1 saturated carbocycles. The second kappa shape index (κ2) is 8.87. The fourth-order valence-electron chi connectivity index (χ4n) is 2.96. The van der Waals surface area contributed by atoms with Gasteiger partial charge in [-0.3, -0.25) is 0 Å². The highest BCUT2D eigenvalue weighted by molar-refractivity contribution is 14.1. The molecule has 1 aromatic rings. The Morgan fingerprint density at radius 1 is 1.29 bits per heavy atom. The number of hydrogen-bond donors (Lipinski definition) is 2. The quantitative estimate of drug-likeness (QED) is 0.693. The Morgan fingerprint density at radius 2 is 1.92 bits per heavy atom. The first-order valence-corrected chi connectivity index (χ1v) is 9.06. The predicted octanol–water partition coefficient (Wildman–Crippen LogP) is 3.92. The van der Waals surface area contributed by atoms with Gasteiger partial charge in [0.25, 0.3) is 0 Å². The van der Waals surface area contributed by atoms with E-state index >= 15 is 0 Å². The van der Waals surface area contributed by atoms with Crippen LogP contribution in [-0.2, 0) is 0 Å². The van der Waals surface area contributed by atoms with Crippen LogP contribution in [-0.4, -0.2) is 34.7 Å². The Balaban J connectivity index is 1.99. The van der Waals surface area contributed by atoms with Crippen LogP contribution in [0.2, 0.25) is 0 Å². The highest BCUT2D eigenvalue weighted by atomic mass is 127. The fraction of sp³-hybridized carbons (Fsp3) is 0.471. The Hall–Kier alpha value is -1.82. The van der Waals surface area contributed by atoms with Crippen LogP contribution >= 0.6 is 22.6 Å². The second-order valence-electron chi connectivity index (χ2n) is 5.86. The van der Waals surface area contributed by atoms with Gasteiger partial charge >= 0.3 is 12.1 Å². The van der Waals surface area contributed by atoms with E-state index in [0.717, 1.165) is 33.3 Å². The van der Waals surface area contributed by atoms with Crippen LogP contribution in [0, 0.1) is 14.9 Å². The van der Waals surface area contributed by atoms with Gasteiger partial charge in [-0.15, -0.1) is 0 Å². The number of hydrogen-bond acceptors (Lipinski definition) is 3. The first-order chi connectivity index (χ1) is 11.5. The summed E-state index contributed by atoms with van der Waals surface area (Å²) in [7, 11) is 0. The molecule has 0 aliphatic heterocycles. The lowest BCUT2D eigenvalue weighted by molar-refractivity contribution is 0.121. The average molecular weight is 441 g/mol. The number of nitrogens with one attached hydrogen (secondary N) is 1. The zero-order valence-electron chi connectivity index (χ0n) is 13.2. The molecule has 0 aromatic heterocycles. The third-order valence-corrected chi connectivity index (χ3v) is 4.97. The number of benzene rings is 1. The lowest BCUT2D eigenvalue weighted by Gasteiger charge is -2.30. The molecule has 1 aliphatic carbocycles. The number of nitrogens with zero attached hydrogens (tertiary/aromatic N) is 2. The van der Waals surface area contributed by atoms with Gasteiger partial charge in [-0.1, -0.05) is 31.4 Å². The van der Waals surface area contributed by atoms with E-state index in [1.54, 1.807) is 0 Å². The average Bonchev–Trinajstić information content (AvgIpc) is 2.57. The van der Waals surface area contributed by atoms with Crippen LogP contribution in [0.4, 0.5) is 9.59 Å². The molecule has 128 valence electrons. The number of rotatable bonds is 4. The van der Waals surface area contributed by atoms with Crippen LogP contribution < -0.4 is 5.32 Å². The molecular weight excluding hydrogens is 421 g/mol. The van der Waals surface area contributed by atoms with Crippen molar-refractivity contribution < 1.29 is 14.7 Å². The van der Waals surface area contributed by atoms with Crippen LogP contribution in [0.5, 0.6) is 0 Å². The van der Waals surface area contributed by atoms with Gasteiger partial charge in [-0.25, -0.2) is 14.5 Å². The molecule has 6 nitrogen and oxygen atoms in total. The van der Waals surface area contributed by atoms with E-state index in [9.17, 15) is 20.0 Å². The van der Waals surface area contributed by atoms with Crippen molar-refractivity contribution in [3.05, 3.63) is 33.4 Å². The number of imide groups is 1. The molecule has 1 aliphatic rings. The van der Waals surface area contributed by atoms with Crippen LogP contribution in [0.1, 0.15) is 43.6 Å². The summed E-state index contributed by atoms with van der Waals surface area (Å²) in [6.45, 7) is 0.0897. The van der Waals surface area contributed by atoms with Crippen molar-refractivity contribution in [2.45, 2.75) is 44.1 Å². The SMILES string of the molecule is N#CC(CNC(=O)N(C(=O)O)C1CCCCC1)c1ccc(I)cc1. The van der Waals surface area contributed by atoms with E-state index < -0.39 is 18.0 Å². The number of halogens is 1. The monoisotopic (exact) mass is 441 g/mol. The molecular formula is C17H20IN3O3. The lowest BCUT2D eigenvalue weighted by atomic mass is 9.94. The predicted molar refractivity (Wildman–Crippen MR) is 97.6 cm³/mol. The van der Waals surface area contributed by atoms with E-state index in [0.29, 0.717) is 12.8 Å². The molecule has 3 amide bonds. The molecule has 24 heavy (non-hydrogen) atoms. The van der Waals surface area contributed by atoms with Gasteiger partial charge < -0.3 is 10.4 Å². The van der Waals surface area contributed by atoms with Gasteiger partial charge in [-0.2, -0.15) is 5.26 Å². The molecule has 2 rings (SSSR count). The Morgan fingerprint density at radius 3 is 2.46 bits per heavy atom. The van der Waals surface area contributed by atoms with E-state index in [-0.39, 0.29) is 12.6 Å². The molecule has 1 unspecified atom stereocenters. The summed E-state index contributed by atoms with van der Waals surface area (Å²) in [5.74, 6) is -0.507.